The maximum Gasteiger partial charge on any atom is 0.573 e. The molecule has 4 rings (SSSR count). The number of rotatable bonds is 15. The molecule has 0 aliphatic rings. The number of aryl methyl sites for hydroxylation is 2. The Morgan fingerprint density at radius 3 is 1.47 bits per heavy atom. The molecule has 0 bridgehead atoms. The van der Waals surface area contributed by atoms with Crippen LogP contribution in [0.5, 0.6) is 11.5 Å². The molecule has 0 saturated heterocycles. The lowest BCUT2D eigenvalue weighted by atomic mass is 9.86. The standard InChI is InChI=1S/C17H22BF3N6O3.C17H20F3N5O2/c1-11-10-14(22-8-9-27(3)18(2)29)25-15(23-11)26-16(28)24-12-4-6-13(7-5-12)30-17(19,20)21;1-3-4-9-21-14-10-11(2)22-15(24-14)25-16(26)23-12-5-7-13(8-6-12)27-17(18,19)20/h4-7,10,29H,8-9H2,1-3H3,(H3,22,23,24,25,26,28);5-8,10H,3-4,9H2,1-2H3,(H3,21,22,23,24,25,26). The average molecular weight is 810 g/mol. The smallest absolute Gasteiger partial charge is 0.437 e. The first-order valence-corrected chi connectivity index (χ1v) is 17.2. The molecule has 0 spiro atoms. The largest absolute Gasteiger partial charge is 0.573 e. The van der Waals surface area contributed by atoms with Crippen molar-refractivity contribution in [2.75, 3.05) is 58.6 Å². The van der Waals surface area contributed by atoms with Gasteiger partial charge in [0.25, 0.3) is 0 Å². The Balaban J connectivity index is 0.000000307. The van der Waals surface area contributed by atoms with E-state index in [1.165, 1.54) is 24.3 Å². The van der Waals surface area contributed by atoms with E-state index in [1.54, 1.807) is 44.7 Å². The van der Waals surface area contributed by atoms with Crippen molar-refractivity contribution in [3.63, 3.8) is 0 Å². The Morgan fingerprint density at radius 2 is 1.11 bits per heavy atom. The van der Waals surface area contributed by atoms with E-state index in [-0.39, 0.29) is 29.0 Å². The van der Waals surface area contributed by atoms with E-state index in [4.69, 9.17) is 0 Å². The minimum atomic E-state index is -4.79. The molecular formula is C34H42BF6N11O5. The summed E-state index contributed by atoms with van der Waals surface area (Å²) in [4.78, 5) is 42.6. The Kier molecular flexibility index (Phi) is 16.9. The van der Waals surface area contributed by atoms with E-state index in [2.05, 4.69) is 68.2 Å². The van der Waals surface area contributed by atoms with E-state index in [0.29, 0.717) is 36.1 Å². The highest BCUT2D eigenvalue weighted by Crippen LogP contribution is 2.25. The van der Waals surface area contributed by atoms with Gasteiger partial charge in [0.1, 0.15) is 23.1 Å². The first-order valence-electron chi connectivity index (χ1n) is 17.2. The molecule has 0 saturated carbocycles. The number of hydrogen-bond acceptors (Lipinski definition) is 12. The van der Waals surface area contributed by atoms with Gasteiger partial charge in [-0.15, -0.1) is 26.3 Å². The first-order chi connectivity index (χ1) is 26.8. The summed E-state index contributed by atoms with van der Waals surface area (Å²) in [5.41, 5.74) is 1.83. The van der Waals surface area contributed by atoms with E-state index < -0.39 is 37.6 Å². The van der Waals surface area contributed by atoms with Crippen LogP contribution in [0.4, 0.5) is 70.8 Å². The maximum absolute atomic E-state index is 12.2. The summed E-state index contributed by atoms with van der Waals surface area (Å²) < 4.78 is 80.5. The lowest BCUT2D eigenvalue weighted by molar-refractivity contribution is -0.275. The van der Waals surface area contributed by atoms with Gasteiger partial charge in [-0.3, -0.25) is 10.6 Å². The van der Waals surface area contributed by atoms with E-state index in [9.17, 15) is 41.0 Å². The number of hydrogen-bond donors (Lipinski definition) is 7. The minimum absolute atomic E-state index is 0.0518. The number of nitrogens with zero attached hydrogens (tertiary/aromatic N) is 5. The molecule has 0 atom stereocenters. The fourth-order valence-electron chi connectivity index (χ4n) is 4.38. The van der Waals surface area contributed by atoms with Gasteiger partial charge in [0.05, 0.1) is 0 Å². The number of ether oxygens (including phenoxy) is 2. The molecule has 0 unspecified atom stereocenters. The summed E-state index contributed by atoms with van der Waals surface area (Å²) >= 11 is 0. The molecule has 57 heavy (non-hydrogen) atoms. The number of alkyl halides is 6. The summed E-state index contributed by atoms with van der Waals surface area (Å²) in [7, 11) is 1.20. The molecule has 0 aliphatic heterocycles. The molecule has 0 radical (unpaired) electrons. The Bertz CT molecular complexity index is 1890. The minimum Gasteiger partial charge on any atom is -0.437 e. The molecule has 2 aromatic carbocycles. The highest BCUT2D eigenvalue weighted by atomic mass is 19.4. The van der Waals surface area contributed by atoms with Crippen molar-refractivity contribution in [1.82, 2.24) is 24.7 Å². The van der Waals surface area contributed by atoms with Gasteiger partial charge < -0.3 is 40.6 Å². The molecule has 0 fully saturated rings. The van der Waals surface area contributed by atoms with Gasteiger partial charge in [-0.1, -0.05) is 13.3 Å². The molecule has 0 aliphatic carbocycles. The van der Waals surface area contributed by atoms with Crippen molar-refractivity contribution < 1.29 is 50.4 Å². The maximum atomic E-state index is 12.2. The number of benzene rings is 2. The third kappa shape index (κ3) is 18.4. The zero-order chi connectivity index (χ0) is 42.2. The van der Waals surface area contributed by atoms with Gasteiger partial charge in [-0.2, -0.15) is 9.97 Å². The van der Waals surface area contributed by atoms with Crippen LogP contribution in [-0.4, -0.2) is 88.3 Å². The summed E-state index contributed by atoms with van der Waals surface area (Å²) in [6.45, 7) is 9.07. The fourth-order valence-corrected chi connectivity index (χ4v) is 4.38. The number of carbonyl (C=O) groups is 2. The van der Waals surface area contributed by atoms with Crippen LogP contribution in [-0.2, 0) is 0 Å². The number of carbonyl (C=O) groups excluding carboxylic acids is 2. The predicted molar refractivity (Wildman–Crippen MR) is 203 cm³/mol. The molecule has 4 aromatic rings. The van der Waals surface area contributed by atoms with Gasteiger partial charge in [-0.25, -0.2) is 19.6 Å². The third-order valence-electron chi connectivity index (χ3n) is 7.10. The summed E-state index contributed by atoms with van der Waals surface area (Å²) in [6.07, 6.45) is -7.53. The molecule has 308 valence electrons. The summed E-state index contributed by atoms with van der Waals surface area (Å²) in [6, 6.07) is 11.6. The molecule has 2 aromatic heterocycles. The number of amides is 4. The summed E-state index contributed by atoms with van der Waals surface area (Å²) in [5, 5.41) is 25.6. The van der Waals surface area contributed by atoms with Gasteiger partial charge in [-0.05, 0) is 82.7 Å². The van der Waals surface area contributed by atoms with Crippen LogP contribution in [0.2, 0.25) is 6.82 Å². The normalized spacial score (nSPS) is 11.1. The van der Waals surface area contributed by atoms with Crippen LogP contribution in [0.1, 0.15) is 31.2 Å². The van der Waals surface area contributed by atoms with Crippen molar-refractivity contribution in [1.29, 1.82) is 0 Å². The van der Waals surface area contributed by atoms with Gasteiger partial charge in [0.2, 0.25) is 11.9 Å². The topological polar surface area (TPSA) is 200 Å². The van der Waals surface area contributed by atoms with Crippen molar-refractivity contribution in [3.05, 3.63) is 72.1 Å². The SMILES string of the molecule is CB(O)N(C)CCNc1cc(C)nc(NC(=O)Nc2ccc(OC(F)(F)F)cc2)n1.CCCCNc1cc(C)nc(NC(=O)Nc2ccc(OC(F)(F)F)cc2)n1. The fraction of sp³-hybridized carbons (Fsp3) is 0.353. The van der Waals surface area contributed by atoms with Crippen molar-refractivity contribution >= 4 is 54.0 Å². The highest BCUT2D eigenvalue weighted by Gasteiger charge is 2.31. The molecule has 23 heteroatoms. The van der Waals surface area contributed by atoms with Crippen LogP contribution in [0.3, 0.4) is 0 Å². The Hall–Kier alpha value is -6.10. The lowest BCUT2D eigenvalue weighted by Crippen LogP contribution is -2.36. The van der Waals surface area contributed by atoms with Crippen LogP contribution in [0, 0.1) is 13.8 Å². The number of unbranched alkanes of at least 4 members (excludes halogenated alkanes) is 1. The summed E-state index contributed by atoms with van der Waals surface area (Å²) in [5.74, 6) is 0.482. The number of aromatic nitrogens is 4. The zero-order valence-electron chi connectivity index (χ0n) is 31.5. The molecule has 4 amide bonds. The average Bonchev–Trinajstić information content (AvgIpc) is 3.08. The number of nitrogens with one attached hydrogen (secondary N) is 6. The van der Waals surface area contributed by atoms with Gasteiger partial charge in [0, 0.05) is 54.5 Å². The molecule has 16 nitrogen and oxygen atoms in total. The number of urea groups is 2. The van der Waals surface area contributed by atoms with E-state index >= 15 is 0 Å². The van der Waals surface area contributed by atoms with Gasteiger partial charge in [0.15, 0.2) is 0 Å². The number of likely N-dealkylation sites (N-methyl/N-ethyl adjacent to an activating group) is 1. The zero-order valence-corrected chi connectivity index (χ0v) is 31.5. The molecule has 7 N–H and O–H groups in total. The van der Waals surface area contributed by atoms with Crippen molar-refractivity contribution in [2.24, 2.45) is 0 Å². The van der Waals surface area contributed by atoms with Crippen LogP contribution in [0.25, 0.3) is 0 Å². The number of anilines is 6. The molecular weight excluding hydrogens is 767 g/mol. The quantitative estimate of drug-likeness (QED) is 0.0359. The second-order valence-electron chi connectivity index (χ2n) is 12.1. The third-order valence-corrected chi connectivity index (χ3v) is 7.10. The van der Waals surface area contributed by atoms with E-state index in [0.717, 1.165) is 43.7 Å². The van der Waals surface area contributed by atoms with Gasteiger partial charge >= 0.3 is 31.8 Å². The van der Waals surface area contributed by atoms with Crippen LogP contribution in [0.15, 0.2) is 60.7 Å². The van der Waals surface area contributed by atoms with Crippen molar-refractivity contribution in [2.45, 2.75) is 53.2 Å². The lowest BCUT2D eigenvalue weighted by Gasteiger charge is -2.17. The highest BCUT2D eigenvalue weighted by molar-refractivity contribution is 6.45. The Morgan fingerprint density at radius 1 is 0.702 bits per heavy atom. The monoisotopic (exact) mass is 809 g/mol. The van der Waals surface area contributed by atoms with E-state index in [1.807, 2.05) is 0 Å². The van der Waals surface area contributed by atoms with Crippen molar-refractivity contribution in [3.8, 4) is 11.5 Å². The number of halogens is 6. The second kappa shape index (κ2) is 21.3. The second-order valence-corrected chi connectivity index (χ2v) is 12.1. The first kappa shape index (κ1) is 45.3. The molecule has 2 heterocycles. The van der Waals surface area contributed by atoms with Crippen LogP contribution >= 0.6 is 0 Å². The van der Waals surface area contributed by atoms with Crippen LogP contribution < -0.4 is 41.4 Å². The predicted octanol–water partition coefficient (Wildman–Crippen LogP) is 7.32. The Labute approximate surface area is 324 Å².